The van der Waals surface area contributed by atoms with E-state index in [9.17, 15) is 0 Å². The molecule has 4 nitrogen and oxygen atoms in total. The van der Waals surface area contributed by atoms with Gasteiger partial charge in [0.25, 0.3) is 0 Å². The van der Waals surface area contributed by atoms with Crippen molar-refractivity contribution in [3.8, 4) is 0 Å². The normalized spacial score (nSPS) is 11.4. The number of rotatable bonds is 5. The summed E-state index contributed by atoms with van der Waals surface area (Å²) < 4.78 is 1.65. The molecule has 3 aromatic rings. The zero-order valence-electron chi connectivity index (χ0n) is 13.2. The molecule has 0 amide bonds. The van der Waals surface area contributed by atoms with Gasteiger partial charge in [-0.3, -0.25) is 0 Å². The molecule has 0 saturated heterocycles. The highest BCUT2D eigenvalue weighted by molar-refractivity contribution is 7.98. The van der Waals surface area contributed by atoms with E-state index in [2.05, 4.69) is 27.4 Å². The van der Waals surface area contributed by atoms with Crippen LogP contribution in [0.15, 0.2) is 52.7 Å². The number of hydrogen-bond donors (Lipinski definition) is 0. The van der Waals surface area contributed by atoms with Crippen LogP contribution >= 0.6 is 46.6 Å². The van der Waals surface area contributed by atoms with Crippen molar-refractivity contribution in [2.24, 2.45) is 5.10 Å². The second-order valence-corrected chi connectivity index (χ2v) is 7.25. The van der Waals surface area contributed by atoms with Gasteiger partial charge in [0.1, 0.15) is 0 Å². The Hall–Kier alpha value is -1.53. The summed E-state index contributed by atoms with van der Waals surface area (Å²) in [5.41, 5.74) is 1.76. The summed E-state index contributed by atoms with van der Waals surface area (Å²) in [6.07, 6.45) is 1.57. The average Bonchev–Trinajstić information content (AvgIpc) is 2.97. The molecule has 1 heterocycles. The number of aryl methyl sites for hydroxylation is 1. The van der Waals surface area contributed by atoms with Crippen molar-refractivity contribution in [2.45, 2.75) is 17.8 Å². The van der Waals surface area contributed by atoms with Crippen LogP contribution in [0.4, 0.5) is 0 Å². The Bertz CT molecular complexity index is 910. The summed E-state index contributed by atoms with van der Waals surface area (Å²) in [6, 6.07) is 13.5. The van der Waals surface area contributed by atoms with Gasteiger partial charge < -0.3 is 0 Å². The third kappa shape index (κ3) is 4.36. The number of halogens is 3. The van der Waals surface area contributed by atoms with E-state index in [1.54, 1.807) is 34.8 Å². The van der Waals surface area contributed by atoms with Gasteiger partial charge in [0.2, 0.25) is 5.16 Å². The lowest BCUT2D eigenvalue weighted by Crippen LogP contribution is -1.97. The van der Waals surface area contributed by atoms with Crippen molar-refractivity contribution in [3.63, 3.8) is 0 Å². The molecule has 0 saturated carbocycles. The van der Waals surface area contributed by atoms with Crippen molar-refractivity contribution >= 4 is 52.8 Å². The minimum absolute atomic E-state index is 0.363. The van der Waals surface area contributed by atoms with Gasteiger partial charge in [-0.15, -0.1) is 10.2 Å². The number of nitrogens with zero attached hydrogens (tertiary/aromatic N) is 4. The molecule has 0 aliphatic rings. The largest absolute Gasteiger partial charge is 0.212 e. The van der Waals surface area contributed by atoms with Gasteiger partial charge in [-0.25, -0.2) is 0 Å². The zero-order chi connectivity index (χ0) is 17.8. The lowest BCUT2D eigenvalue weighted by Gasteiger charge is -2.05. The first-order valence-electron chi connectivity index (χ1n) is 7.33. The Morgan fingerprint density at radius 3 is 2.52 bits per heavy atom. The van der Waals surface area contributed by atoms with Crippen molar-refractivity contribution in [1.29, 1.82) is 0 Å². The topological polar surface area (TPSA) is 43.1 Å². The van der Waals surface area contributed by atoms with Crippen LogP contribution in [0.1, 0.15) is 17.0 Å². The van der Waals surface area contributed by atoms with Crippen molar-refractivity contribution < 1.29 is 0 Å². The molecule has 0 aliphatic carbocycles. The Labute approximate surface area is 164 Å². The van der Waals surface area contributed by atoms with Gasteiger partial charge >= 0.3 is 0 Å². The predicted molar refractivity (Wildman–Crippen MR) is 105 cm³/mol. The van der Waals surface area contributed by atoms with Crippen LogP contribution in [0.5, 0.6) is 0 Å². The second kappa shape index (κ2) is 8.23. The van der Waals surface area contributed by atoms with Crippen LogP contribution in [-0.4, -0.2) is 21.1 Å². The van der Waals surface area contributed by atoms with E-state index in [4.69, 9.17) is 34.8 Å². The lowest BCUT2D eigenvalue weighted by atomic mass is 10.2. The Kier molecular flexibility index (Phi) is 6.02. The quantitative estimate of drug-likeness (QED) is 0.306. The lowest BCUT2D eigenvalue weighted by molar-refractivity contribution is 0.744. The molecular weight excluding hydrogens is 399 g/mol. The van der Waals surface area contributed by atoms with E-state index in [-0.39, 0.29) is 0 Å². The third-order valence-corrected chi connectivity index (χ3v) is 5.50. The van der Waals surface area contributed by atoms with Crippen LogP contribution in [0, 0.1) is 6.92 Å². The monoisotopic (exact) mass is 410 g/mol. The van der Waals surface area contributed by atoms with E-state index in [0.29, 0.717) is 31.6 Å². The van der Waals surface area contributed by atoms with Crippen LogP contribution in [0.25, 0.3) is 0 Å². The first-order valence-corrected chi connectivity index (χ1v) is 9.45. The van der Waals surface area contributed by atoms with Gasteiger partial charge in [-0.05, 0) is 24.6 Å². The molecule has 0 atom stereocenters. The fourth-order valence-corrected chi connectivity index (χ4v) is 3.58. The molecule has 2 aromatic carbocycles. The minimum Gasteiger partial charge on any atom is -0.192 e. The number of hydrogen-bond acceptors (Lipinski definition) is 4. The smallest absolute Gasteiger partial charge is 0.192 e. The molecule has 0 radical (unpaired) electrons. The highest BCUT2D eigenvalue weighted by Gasteiger charge is 2.11. The number of benzene rings is 2. The van der Waals surface area contributed by atoms with Crippen LogP contribution < -0.4 is 0 Å². The summed E-state index contributed by atoms with van der Waals surface area (Å²) in [5, 5.41) is 14.6. The molecule has 8 heteroatoms. The molecule has 25 heavy (non-hydrogen) atoms. The van der Waals surface area contributed by atoms with Crippen LogP contribution in [0.2, 0.25) is 15.1 Å². The molecule has 0 fully saturated rings. The third-order valence-electron chi connectivity index (χ3n) is 3.36. The maximum atomic E-state index is 6.21. The van der Waals surface area contributed by atoms with Gasteiger partial charge in [0.15, 0.2) is 5.82 Å². The first-order chi connectivity index (χ1) is 12.1. The Morgan fingerprint density at radius 1 is 1.04 bits per heavy atom. The van der Waals surface area contributed by atoms with E-state index < -0.39 is 0 Å². The highest BCUT2D eigenvalue weighted by atomic mass is 35.5. The zero-order valence-corrected chi connectivity index (χ0v) is 16.2. The average molecular weight is 412 g/mol. The molecule has 0 aliphatic heterocycles. The van der Waals surface area contributed by atoms with Gasteiger partial charge in [0.05, 0.1) is 21.3 Å². The number of thioether (sulfide) groups is 1. The molecule has 0 N–H and O–H groups in total. The van der Waals surface area contributed by atoms with E-state index in [0.717, 1.165) is 5.75 Å². The molecular formula is C17H13Cl3N4S. The summed E-state index contributed by atoms with van der Waals surface area (Å²) in [4.78, 5) is 0. The van der Waals surface area contributed by atoms with Crippen molar-refractivity contribution in [1.82, 2.24) is 14.9 Å². The molecule has 3 rings (SSSR count). The van der Waals surface area contributed by atoms with E-state index in [1.807, 2.05) is 25.1 Å². The van der Waals surface area contributed by atoms with Crippen molar-refractivity contribution in [3.05, 3.63) is 74.5 Å². The SMILES string of the molecule is Cc1nnc(SCc2ccccc2)n1N=Cc1c(Cl)ccc(Cl)c1Cl. The number of aromatic nitrogens is 3. The molecule has 128 valence electrons. The second-order valence-electron chi connectivity index (χ2n) is 5.12. The summed E-state index contributed by atoms with van der Waals surface area (Å²) in [6.45, 7) is 1.83. The summed E-state index contributed by atoms with van der Waals surface area (Å²) in [7, 11) is 0. The summed E-state index contributed by atoms with van der Waals surface area (Å²) in [5.74, 6) is 1.44. The van der Waals surface area contributed by atoms with Gasteiger partial charge in [-0.1, -0.05) is 76.9 Å². The van der Waals surface area contributed by atoms with Gasteiger partial charge in [0, 0.05) is 11.3 Å². The van der Waals surface area contributed by atoms with Gasteiger partial charge in [-0.2, -0.15) is 9.78 Å². The fraction of sp³-hybridized carbons (Fsp3) is 0.118. The highest BCUT2D eigenvalue weighted by Crippen LogP contribution is 2.30. The van der Waals surface area contributed by atoms with Crippen LogP contribution in [0.3, 0.4) is 0 Å². The Balaban J connectivity index is 1.84. The predicted octanol–water partition coefficient (Wildman–Crippen LogP) is 5.72. The Morgan fingerprint density at radius 2 is 1.76 bits per heavy atom. The first kappa shape index (κ1) is 18.3. The van der Waals surface area contributed by atoms with E-state index >= 15 is 0 Å². The molecule has 1 aromatic heterocycles. The molecule has 0 unspecified atom stereocenters. The fourth-order valence-electron chi connectivity index (χ4n) is 2.06. The van der Waals surface area contributed by atoms with Crippen LogP contribution in [-0.2, 0) is 5.75 Å². The van der Waals surface area contributed by atoms with Crippen molar-refractivity contribution in [2.75, 3.05) is 0 Å². The minimum atomic E-state index is 0.363. The maximum Gasteiger partial charge on any atom is 0.212 e. The molecule has 0 spiro atoms. The van der Waals surface area contributed by atoms with E-state index in [1.165, 1.54) is 5.56 Å². The standard InChI is InChI=1S/C17H13Cl3N4S/c1-11-22-23-17(25-10-12-5-3-2-4-6-12)24(11)21-9-13-14(18)7-8-15(19)16(13)20/h2-9H,10H2,1H3. The summed E-state index contributed by atoms with van der Waals surface area (Å²) >= 11 is 20.0. The molecule has 0 bridgehead atoms. The maximum absolute atomic E-state index is 6.21.